The zero-order valence-electron chi connectivity index (χ0n) is 23.7. The molecule has 2 aliphatic heterocycles. The van der Waals surface area contributed by atoms with Gasteiger partial charge >= 0.3 is 5.69 Å². The molecular formula is C27H29FN4O12S. The van der Waals surface area contributed by atoms with E-state index in [1.807, 2.05) is 0 Å². The van der Waals surface area contributed by atoms with E-state index in [0.29, 0.717) is 6.07 Å². The zero-order chi connectivity index (χ0) is 32.6. The van der Waals surface area contributed by atoms with Crippen LogP contribution < -0.4 is 14.8 Å². The van der Waals surface area contributed by atoms with Crippen molar-refractivity contribution in [3.05, 3.63) is 63.5 Å². The van der Waals surface area contributed by atoms with Crippen molar-refractivity contribution in [3.8, 4) is 5.75 Å². The van der Waals surface area contributed by atoms with Crippen molar-refractivity contribution in [1.82, 2.24) is 14.9 Å². The van der Waals surface area contributed by atoms with Crippen molar-refractivity contribution in [2.45, 2.75) is 23.8 Å². The van der Waals surface area contributed by atoms with Gasteiger partial charge in [-0.2, -0.15) is 4.39 Å². The van der Waals surface area contributed by atoms with Crippen LogP contribution >= 0.6 is 0 Å². The number of hydrogen-bond acceptors (Lipinski definition) is 12. The fraction of sp³-hybridized carbons (Fsp3) is 0.407. The Hall–Kier alpha value is -4.36. The van der Waals surface area contributed by atoms with Gasteiger partial charge < -0.3 is 18.9 Å². The Morgan fingerprint density at radius 2 is 1.62 bits per heavy atom. The number of imide groups is 2. The SMILES string of the molecule is O=C1CCC(N2C(=O)c3cccc(OCCOCCOCCOCCNS(=O)(=O)c4ccc([N+](=O)[O-])c(F)c4)c3C2=O)C(=O)N1. The second-order valence-corrected chi connectivity index (χ2v) is 11.3. The summed E-state index contributed by atoms with van der Waals surface area (Å²) in [6.45, 7) is 0.842. The predicted octanol–water partition coefficient (Wildman–Crippen LogP) is 0.542. The van der Waals surface area contributed by atoms with Gasteiger partial charge in [-0.3, -0.25) is 39.5 Å². The van der Waals surface area contributed by atoms with Gasteiger partial charge in [-0.25, -0.2) is 13.1 Å². The van der Waals surface area contributed by atoms with Gasteiger partial charge in [0.25, 0.3) is 11.8 Å². The smallest absolute Gasteiger partial charge is 0.304 e. The molecule has 242 valence electrons. The summed E-state index contributed by atoms with van der Waals surface area (Å²) in [7, 11) is -4.08. The Kier molecular flexibility index (Phi) is 11.2. The van der Waals surface area contributed by atoms with Gasteiger partial charge in [0.15, 0.2) is 0 Å². The van der Waals surface area contributed by atoms with E-state index < -0.39 is 61.0 Å². The molecule has 0 spiro atoms. The first kappa shape index (κ1) is 33.5. The van der Waals surface area contributed by atoms with Crippen molar-refractivity contribution < 1.29 is 55.9 Å². The maximum absolute atomic E-state index is 13.7. The molecule has 1 unspecified atom stereocenters. The van der Waals surface area contributed by atoms with E-state index in [9.17, 15) is 42.1 Å². The molecule has 0 saturated carbocycles. The maximum Gasteiger partial charge on any atom is 0.304 e. The van der Waals surface area contributed by atoms with Crippen LogP contribution in [0.4, 0.5) is 10.1 Å². The summed E-state index contributed by atoms with van der Waals surface area (Å²) in [6.07, 6.45) is 0.0638. The molecule has 0 bridgehead atoms. The quantitative estimate of drug-likeness (QED) is 0.104. The highest BCUT2D eigenvalue weighted by Gasteiger charge is 2.46. The summed E-state index contributed by atoms with van der Waals surface area (Å²) < 4.78 is 62.0. The molecule has 4 amide bonds. The summed E-state index contributed by atoms with van der Waals surface area (Å²) in [5, 5.41) is 12.8. The van der Waals surface area contributed by atoms with Crippen LogP contribution in [0.15, 0.2) is 41.3 Å². The molecule has 2 aliphatic rings. The number of nitro benzene ring substituents is 1. The van der Waals surface area contributed by atoms with E-state index in [-0.39, 0.29) is 82.5 Å². The molecule has 0 aliphatic carbocycles. The average molecular weight is 653 g/mol. The highest BCUT2D eigenvalue weighted by atomic mass is 32.2. The van der Waals surface area contributed by atoms with Crippen LogP contribution in [0.2, 0.25) is 0 Å². The Morgan fingerprint density at radius 3 is 2.27 bits per heavy atom. The van der Waals surface area contributed by atoms with E-state index in [4.69, 9.17) is 18.9 Å². The lowest BCUT2D eigenvalue weighted by molar-refractivity contribution is -0.387. The average Bonchev–Trinajstić information content (AvgIpc) is 3.25. The largest absolute Gasteiger partial charge is 0.490 e. The molecule has 2 heterocycles. The minimum absolute atomic E-state index is 0.00549. The van der Waals surface area contributed by atoms with E-state index in [2.05, 4.69) is 10.0 Å². The topological polar surface area (TPSA) is 210 Å². The number of nitro groups is 1. The number of hydrogen-bond donors (Lipinski definition) is 2. The van der Waals surface area contributed by atoms with Crippen LogP contribution in [0.5, 0.6) is 5.75 Å². The predicted molar refractivity (Wildman–Crippen MR) is 149 cm³/mol. The number of carbonyl (C=O) groups excluding carboxylic acids is 4. The van der Waals surface area contributed by atoms with Crippen LogP contribution in [-0.4, -0.2) is 101 Å². The Balaban J connectivity index is 1.07. The fourth-order valence-electron chi connectivity index (χ4n) is 4.49. The molecule has 2 aromatic carbocycles. The number of benzene rings is 2. The fourth-order valence-corrected chi connectivity index (χ4v) is 5.52. The first-order valence-corrected chi connectivity index (χ1v) is 15.1. The Bertz CT molecular complexity index is 1590. The molecule has 16 nitrogen and oxygen atoms in total. The summed E-state index contributed by atoms with van der Waals surface area (Å²) in [5.74, 6) is -3.56. The van der Waals surface area contributed by atoms with Gasteiger partial charge in [-0.1, -0.05) is 6.07 Å². The van der Waals surface area contributed by atoms with Crippen molar-refractivity contribution >= 4 is 39.3 Å². The second kappa shape index (κ2) is 15.1. The lowest BCUT2D eigenvalue weighted by atomic mass is 10.0. The highest BCUT2D eigenvalue weighted by molar-refractivity contribution is 7.89. The van der Waals surface area contributed by atoms with Gasteiger partial charge in [-0.05, 0) is 24.6 Å². The number of halogens is 1. The first-order chi connectivity index (χ1) is 21.5. The van der Waals surface area contributed by atoms with Gasteiger partial charge in [0.05, 0.1) is 60.6 Å². The highest BCUT2D eigenvalue weighted by Crippen LogP contribution is 2.33. The normalized spacial score (nSPS) is 16.6. The minimum atomic E-state index is -4.08. The van der Waals surface area contributed by atoms with Crippen molar-refractivity contribution in [2.24, 2.45) is 0 Å². The third-order valence-electron chi connectivity index (χ3n) is 6.62. The number of sulfonamides is 1. The lowest BCUT2D eigenvalue weighted by Crippen LogP contribution is -2.54. The first-order valence-electron chi connectivity index (χ1n) is 13.7. The van der Waals surface area contributed by atoms with Gasteiger partial charge in [-0.15, -0.1) is 0 Å². The number of piperidine rings is 1. The number of amides is 4. The van der Waals surface area contributed by atoms with Crippen molar-refractivity contribution in [3.63, 3.8) is 0 Å². The van der Waals surface area contributed by atoms with Gasteiger partial charge in [0.2, 0.25) is 27.7 Å². The van der Waals surface area contributed by atoms with Crippen LogP contribution in [0, 0.1) is 15.9 Å². The van der Waals surface area contributed by atoms with E-state index in [1.54, 1.807) is 6.07 Å². The molecule has 1 fully saturated rings. The van der Waals surface area contributed by atoms with Crippen LogP contribution in [-0.2, 0) is 33.8 Å². The van der Waals surface area contributed by atoms with Crippen molar-refractivity contribution in [1.29, 1.82) is 0 Å². The van der Waals surface area contributed by atoms with Gasteiger partial charge in [0.1, 0.15) is 18.4 Å². The molecule has 1 saturated heterocycles. The number of fused-ring (bicyclic) bond motifs is 1. The zero-order valence-corrected chi connectivity index (χ0v) is 24.5. The molecule has 0 radical (unpaired) electrons. The van der Waals surface area contributed by atoms with E-state index >= 15 is 0 Å². The number of rotatable bonds is 17. The second-order valence-electron chi connectivity index (χ2n) is 9.58. The lowest BCUT2D eigenvalue weighted by Gasteiger charge is -2.27. The third kappa shape index (κ3) is 8.22. The molecule has 1 atom stereocenters. The molecule has 2 aromatic rings. The van der Waals surface area contributed by atoms with Crippen LogP contribution in [0.1, 0.15) is 33.6 Å². The number of carbonyl (C=O) groups is 4. The molecular weight excluding hydrogens is 623 g/mol. The molecule has 4 rings (SSSR count). The maximum atomic E-state index is 13.7. The number of ether oxygens (including phenoxy) is 4. The summed E-state index contributed by atoms with van der Waals surface area (Å²) >= 11 is 0. The Labute approximate surface area is 255 Å². The minimum Gasteiger partial charge on any atom is -0.490 e. The standard InChI is InChI=1S/C27H29FN4O12S/c28-19-16-17(4-5-20(19)32(37)38)45(39,40)29-8-9-41-10-11-42-12-13-43-14-15-44-22-3-1-2-18-24(22)27(36)31(26(18)35)21-6-7-23(33)30-25(21)34/h1-5,16,21,29H,6-15H2,(H,30,33,34). The summed E-state index contributed by atoms with van der Waals surface area (Å²) in [5.41, 5.74) is -0.677. The van der Waals surface area contributed by atoms with Crippen LogP contribution in [0.3, 0.4) is 0 Å². The summed E-state index contributed by atoms with van der Waals surface area (Å²) in [6, 6.07) is 5.75. The van der Waals surface area contributed by atoms with E-state index in [0.717, 1.165) is 17.0 Å². The van der Waals surface area contributed by atoms with Crippen molar-refractivity contribution in [2.75, 3.05) is 52.8 Å². The monoisotopic (exact) mass is 652 g/mol. The number of nitrogens with one attached hydrogen (secondary N) is 2. The molecule has 18 heteroatoms. The molecule has 2 N–H and O–H groups in total. The van der Waals surface area contributed by atoms with E-state index in [1.165, 1.54) is 12.1 Å². The number of nitrogens with zero attached hydrogens (tertiary/aromatic N) is 2. The van der Waals surface area contributed by atoms with Gasteiger partial charge in [0, 0.05) is 25.1 Å². The third-order valence-corrected chi connectivity index (χ3v) is 8.08. The van der Waals surface area contributed by atoms with Crippen LogP contribution in [0.25, 0.3) is 0 Å². The molecule has 0 aromatic heterocycles. The Morgan fingerprint density at radius 1 is 0.956 bits per heavy atom. The summed E-state index contributed by atoms with van der Waals surface area (Å²) in [4.78, 5) is 59.7. The molecule has 45 heavy (non-hydrogen) atoms.